The number of rotatable bonds is 6. The number of nitrogens with zero attached hydrogens (tertiary/aromatic N) is 4. The van der Waals surface area contributed by atoms with Gasteiger partial charge in [0.25, 0.3) is 11.6 Å². The van der Waals surface area contributed by atoms with E-state index in [-0.39, 0.29) is 5.56 Å². The van der Waals surface area contributed by atoms with Gasteiger partial charge in [-0.3, -0.25) is 19.9 Å². The highest BCUT2D eigenvalue weighted by atomic mass is 19.4. The molecule has 0 aliphatic heterocycles. The molecule has 182 valence electrons. The Kier molecular flexibility index (Phi) is 6.73. The van der Waals surface area contributed by atoms with Crippen LogP contribution in [0.4, 0.5) is 24.5 Å². The number of nitro groups is 1. The molecule has 0 radical (unpaired) electrons. The largest absolute Gasteiger partial charge is 0.416 e. The van der Waals surface area contributed by atoms with Crippen LogP contribution in [0, 0.1) is 17.0 Å². The maximum absolute atomic E-state index is 13.1. The molecule has 2 aromatic heterocycles. The summed E-state index contributed by atoms with van der Waals surface area (Å²) in [5, 5.41) is 13.6. The van der Waals surface area contributed by atoms with E-state index in [4.69, 9.17) is 0 Å². The summed E-state index contributed by atoms with van der Waals surface area (Å²) >= 11 is 0. The van der Waals surface area contributed by atoms with Gasteiger partial charge >= 0.3 is 6.18 Å². The van der Waals surface area contributed by atoms with E-state index in [1.807, 2.05) is 13.0 Å². The van der Waals surface area contributed by atoms with Gasteiger partial charge in [-0.25, -0.2) is 9.97 Å². The lowest BCUT2D eigenvalue weighted by atomic mass is 9.97. The van der Waals surface area contributed by atoms with Crippen LogP contribution in [0.25, 0.3) is 11.3 Å². The van der Waals surface area contributed by atoms with Gasteiger partial charge in [0.1, 0.15) is 12.0 Å². The fraction of sp³-hybridized carbons (Fsp3) is 0.120. The van der Waals surface area contributed by atoms with E-state index in [1.54, 1.807) is 36.7 Å². The van der Waals surface area contributed by atoms with Crippen LogP contribution in [0.3, 0.4) is 0 Å². The number of carbonyl (C=O) groups is 1. The summed E-state index contributed by atoms with van der Waals surface area (Å²) < 4.78 is 39.4. The van der Waals surface area contributed by atoms with Crippen LogP contribution in [0.2, 0.25) is 0 Å². The first kappa shape index (κ1) is 24.5. The molecule has 11 heteroatoms. The number of halogens is 3. The van der Waals surface area contributed by atoms with Crippen molar-refractivity contribution in [2.24, 2.45) is 0 Å². The number of alkyl halides is 3. The Bertz CT molecular complexity index is 1440. The summed E-state index contributed by atoms with van der Waals surface area (Å²) in [5.74, 6) is -0.782. The molecule has 1 N–H and O–H groups in total. The molecular weight excluding hydrogens is 475 g/mol. The third-order valence-electron chi connectivity index (χ3n) is 5.49. The van der Waals surface area contributed by atoms with Gasteiger partial charge in [0.05, 0.1) is 21.9 Å². The summed E-state index contributed by atoms with van der Waals surface area (Å²) in [6.45, 7) is 1.85. The summed E-state index contributed by atoms with van der Waals surface area (Å²) in [5.41, 5.74) is 1.59. The van der Waals surface area contributed by atoms with E-state index < -0.39 is 33.9 Å². The number of hydrogen-bond acceptors (Lipinski definition) is 6. The van der Waals surface area contributed by atoms with E-state index in [0.717, 1.165) is 22.8 Å². The van der Waals surface area contributed by atoms with Crippen molar-refractivity contribution in [1.29, 1.82) is 0 Å². The molecule has 36 heavy (non-hydrogen) atoms. The Hall–Kier alpha value is -4.67. The third kappa shape index (κ3) is 5.35. The quantitative estimate of drug-likeness (QED) is 0.276. The minimum absolute atomic E-state index is 0.127. The number of nitrogens with one attached hydrogen (secondary N) is 1. The molecule has 0 saturated heterocycles. The lowest BCUT2D eigenvalue weighted by Crippen LogP contribution is -2.15. The van der Waals surface area contributed by atoms with Crippen molar-refractivity contribution >= 4 is 17.3 Å². The molecule has 0 fully saturated rings. The Morgan fingerprint density at radius 1 is 1.06 bits per heavy atom. The van der Waals surface area contributed by atoms with E-state index in [2.05, 4.69) is 20.3 Å². The molecule has 1 amide bonds. The Morgan fingerprint density at radius 3 is 2.56 bits per heavy atom. The van der Waals surface area contributed by atoms with E-state index in [0.29, 0.717) is 29.9 Å². The maximum atomic E-state index is 13.1. The Morgan fingerprint density at radius 2 is 1.86 bits per heavy atom. The molecule has 2 heterocycles. The maximum Gasteiger partial charge on any atom is 0.416 e. The average molecular weight is 493 g/mol. The number of aryl methyl sites for hydroxylation is 1. The summed E-state index contributed by atoms with van der Waals surface area (Å²) in [4.78, 5) is 36.0. The van der Waals surface area contributed by atoms with E-state index in [9.17, 15) is 28.1 Å². The summed E-state index contributed by atoms with van der Waals surface area (Å²) in [6.07, 6.45) is 0.294. The van der Waals surface area contributed by atoms with Gasteiger partial charge in [0.2, 0.25) is 0 Å². The number of amides is 1. The van der Waals surface area contributed by atoms with Crippen molar-refractivity contribution in [3.8, 4) is 11.3 Å². The average Bonchev–Trinajstić information content (AvgIpc) is 2.85. The van der Waals surface area contributed by atoms with Crippen molar-refractivity contribution in [3.63, 3.8) is 0 Å². The molecule has 0 unspecified atom stereocenters. The molecule has 0 aliphatic carbocycles. The van der Waals surface area contributed by atoms with Crippen LogP contribution in [0.15, 0.2) is 73.3 Å². The molecule has 4 rings (SSSR count). The number of hydrogen-bond donors (Lipinski definition) is 1. The number of nitro benzene ring substituents is 1. The standard InChI is InChI=1S/C25H18F3N5O3/c1-15-4-5-16(24(34)32-22-13-18(25(26,27)28)6-7-23(22)33(35)36)11-17(15)12-21-19(3-2-9-30-21)20-8-10-29-14-31-20/h2-11,13-14H,12H2,1H3,(H,32,34). The zero-order chi connectivity index (χ0) is 25.9. The zero-order valence-corrected chi connectivity index (χ0v) is 18.8. The van der Waals surface area contributed by atoms with Gasteiger partial charge in [0, 0.05) is 36.0 Å². The van der Waals surface area contributed by atoms with Gasteiger partial charge in [-0.05, 0) is 60.5 Å². The lowest BCUT2D eigenvalue weighted by Gasteiger charge is -2.13. The predicted molar refractivity (Wildman–Crippen MR) is 125 cm³/mol. The van der Waals surface area contributed by atoms with Crippen molar-refractivity contribution in [1.82, 2.24) is 15.0 Å². The zero-order valence-electron chi connectivity index (χ0n) is 18.8. The summed E-state index contributed by atoms with van der Waals surface area (Å²) in [7, 11) is 0. The van der Waals surface area contributed by atoms with E-state index >= 15 is 0 Å². The van der Waals surface area contributed by atoms with Gasteiger partial charge in [0.15, 0.2) is 0 Å². The molecule has 0 bridgehead atoms. The first-order valence-corrected chi connectivity index (χ1v) is 10.6. The van der Waals surface area contributed by atoms with Crippen molar-refractivity contribution in [2.45, 2.75) is 19.5 Å². The fourth-order valence-electron chi connectivity index (χ4n) is 3.61. The fourth-order valence-corrected chi connectivity index (χ4v) is 3.61. The van der Waals surface area contributed by atoms with Crippen LogP contribution in [0.1, 0.15) is 32.7 Å². The molecule has 0 atom stereocenters. The number of anilines is 1. The van der Waals surface area contributed by atoms with Crippen molar-refractivity contribution in [2.75, 3.05) is 5.32 Å². The molecule has 4 aromatic rings. The minimum Gasteiger partial charge on any atom is -0.316 e. The molecule has 0 aliphatic rings. The molecule has 0 spiro atoms. The first-order chi connectivity index (χ1) is 17.1. The topological polar surface area (TPSA) is 111 Å². The minimum atomic E-state index is -4.73. The SMILES string of the molecule is Cc1ccc(C(=O)Nc2cc(C(F)(F)F)ccc2[N+](=O)[O-])cc1Cc1ncccc1-c1ccncn1. The molecular formula is C25H18F3N5O3. The molecule has 0 saturated carbocycles. The van der Waals surface area contributed by atoms with Gasteiger partial charge < -0.3 is 5.32 Å². The lowest BCUT2D eigenvalue weighted by molar-refractivity contribution is -0.384. The monoisotopic (exact) mass is 493 g/mol. The number of carbonyl (C=O) groups excluding carboxylic acids is 1. The highest BCUT2D eigenvalue weighted by molar-refractivity contribution is 6.05. The van der Waals surface area contributed by atoms with Crippen molar-refractivity contribution in [3.05, 3.63) is 111 Å². The van der Waals surface area contributed by atoms with Gasteiger partial charge in [-0.2, -0.15) is 13.2 Å². The summed E-state index contributed by atoms with van der Waals surface area (Å²) in [6, 6.07) is 12.0. The third-order valence-corrected chi connectivity index (χ3v) is 5.49. The van der Waals surface area contributed by atoms with Crippen LogP contribution in [-0.2, 0) is 12.6 Å². The van der Waals surface area contributed by atoms with Crippen molar-refractivity contribution < 1.29 is 22.9 Å². The number of benzene rings is 2. The smallest absolute Gasteiger partial charge is 0.316 e. The van der Waals surface area contributed by atoms with Crippen LogP contribution in [0.5, 0.6) is 0 Å². The Balaban J connectivity index is 1.65. The molecule has 8 nitrogen and oxygen atoms in total. The molecule has 2 aromatic carbocycles. The second-order valence-electron chi connectivity index (χ2n) is 7.85. The normalized spacial score (nSPS) is 11.2. The van der Waals surface area contributed by atoms with Gasteiger partial charge in [-0.15, -0.1) is 0 Å². The van der Waals surface area contributed by atoms with Gasteiger partial charge in [-0.1, -0.05) is 6.07 Å². The second-order valence-corrected chi connectivity index (χ2v) is 7.85. The number of pyridine rings is 1. The van der Waals surface area contributed by atoms with Crippen LogP contribution in [-0.4, -0.2) is 25.8 Å². The number of aromatic nitrogens is 3. The highest BCUT2D eigenvalue weighted by Gasteiger charge is 2.32. The second kappa shape index (κ2) is 9.90. The highest BCUT2D eigenvalue weighted by Crippen LogP contribution is 2.35. The van der Waals surface area contributed by atoms with E-state index in [1.165, 1.54) is 12.4 Å². The first-order valence-electron chi connectivity index (χ1n) is 10.6. The van der Waals surface area contributed by atoms with Crippen LogP contribution < -0.4 is 5.32 Å². The van der Waals surface area contributed by atoms with Crippen LogP contribution >= 0.6 is 0 Å². The predicted octanol–water partition coefficient (Wildman–Crippen LogP) is 5.62. The Labute approximate surface area is 203 Å².